The van der Waals surface area contributed by atoms with Crippen LogP contribution in [-0.2, 0) is 0 Å². The van der Waals surface area contributed by atoms with Crippen LogP contribution in [0.25, 0.3) is 0 Å². The molecule has 1 amide bonds. The van der Waals surface area contributed by atoms with Gasteiger partial charge in [-0.1, -0.05) is 4.49 Å². The van der Waals surface area contributed by atoms with Crippen molar-refractivity contribution in [3.63, 3.8) is 0 Å². The van der Waals surface area contributed by atoms with E-state index in [1.54, 1.807) is 0 Å². The third-order valence-electron chi connectivity index (χ3n) is 1.11. The molecule has 0 saturated heterocycles. The number of primary amides is 1. The molecule has 2 N–H and O–H groups in total. The summed E-state index contributed by atoms with van der Waals surface area (Å²) in [4.78, 5) is 10.7. The standard InChI is InChI=1S/C5H6FN3OS/c1-2(6)3-4(5(7)10)11-9-8-3/h2H,1H3,(H2,7,10). The molecule has 1 aromatic rings. The zero-order chi connectivity index (χ0) is 8.43. The molecule has 1 rings (SSSR count). The molecule has 0 aliphatic carbocycles. The molecule has 1 aromatic heterocycles. The van der Waals surface area contributed by atoms with Gasteiger partial charge < -0.3 is 5.73 Å². The SMILES string of the molecule is CC(F)c1nnsc1C(N)=O. The van der Waals surface area contributed by atoms with Gasteiger partial charge in [-0.05, 0) is 18.5 Å². The summed E-state index contributed by atoms with van der Waals surface area (Å²) in [7, 11) is 0. The predicted molar refractivity (Wildman–Crippen MR) is 37.9 cm³/mol. The van der Waals surface area contributed by atoms with E-state index in [1.165, 1.54) is 6.92 Å². The lowest BCUT2D eigenvalue weighted by Gasteiger charge is -1.95. The van der Waals surface area contributed by atoms with Crippen LogP contribution >= 0.6 is 11.5 Å². The monoisotopic (exact) mass is 175 g/mol. The number of hydrogen-bond donors (Lipinski definition) is 1. The molecular formula is C5H6FN3OS. The fourth-order valence-electron chi connectivity index (χ4n) is 0.629. The van der Waals surface area contributed by atoms with E-state index in [2.05, 4.69) is 9.59 Å². The predicted octanol–water partition coefficient (Wildman–Crippen LogP) is 0.668. The van der Waals surface area contributed by atoms with Crippen molar-refractivity contribution in [1.82, 2.24) is 9.59 Å². The zero-order valence-electron chi connectivity index (χ0n) is 5.74. The Labute approximate surface area is 66.4 Å². The molecule has 0 aliphatic heterocycles. The molecular weight excluding hydrogens is 169 g/mol. The first-order valence-corrected chi connectivity index (χ1v) is 3.66. The van der Waals surface area contributed by atoms with Crippen LogP contribution in [0.5, 0.6) is 0 Å². The Morgan fingerprint density at radius 2 is 2.45 bits per heavy atom. The number of amides is 1. The number of nitrogens with two attached hydrogens (primary N) is 1. The van der Waals surface area contributed by atoms with Crippen molar-refractivity contribution in [3.05, 3.63) is 10.6 Å². The quantitative estimate of drug-likeness (QED) is 0.718. The van der Waals surface area contributed by atoms with Crippen LogP contribution in [0.2, 0.25) is 0 Å². The lowest BCUT2D eigenvalue weighted by Crippen LogP contribution is -2.11. The molecule has 0 radical (unpaired) electrons. The summed E-state index contributed by atoms with van der Waals surface area (Å²) in [5.41, 5.74) is 4.95. The molecule has 0 fully saturated rings. The van der Waals surface area contributed by atoms with Crippen molar-refractivity contribution in [2.75, 3.05) is 0 Å². The first-order chi connectivity index (χ1) is 5.13. The molecule has 6 heteroatoms. The molecule has 0 saturated carbocycles. The average molecular weight is 175 g/mol. The van der Waals surface area contributed by atoms with Gasteiger partial charge in [-0.3, -0.25) is 4.79 Å². The van der Waals surface area contributed by atoms with Gasteiger partial charge in [0, 0.05) is 0 Å². The minimum absolute atomic E-state index is 0.0301. The van der Waals surface area contributed by atoms with Crippen LogP contribution in [0.15, 0.2) is 0 Å². The minimum atomic E-state index is -1.30. The van der Waals surface area contributed by atoms with Gasteiger partial charge in [-0.2, -0.15) is 0 Å². The van der Waals surface area contributed by atoms with Crippen LogP contribution in [-0.4, -0.2) is 15.5 Å². The highest BCUT2D eigenvalue weighted by Gasteiger charge is 2.17. The summed E-state index contributed by atoms with van der Waals surface area (Å²) in [6.45, 7) is 1.28. The first kappa shape index (κ1) is 8.06. The summed E-state index contributed by atoms with van der Waals surface area (Å²) >= 11 is 0.810. The smallest absolute Gasteiger partial charge is 0.262 e. The van der Waals surface area contributed by atoms with Crippen LogP contribution in [0.4, 0.5) is 4.39 Å². The van der Waals surface area contributed by atoms with Crippen molar-refractivity contribution < 1.29 is 9.18 Å². The second-order valence-corrected chi connectivity index (χ2v) is 2.72. The number of nitrogens with zero attached hydrogens (tertiary/aromatic N) is 2. The lowest BCUT2D eigenvalue weighted by molar-refractivity contribution is 0.100. The number of alkyl halides is 1. The molecule has 0 spiro atoms. The van der Waals surface area contributed by atoms with E-state index in [4.69, 9.17) is 5.73 Å². The Hall–Kier alpha value is -1.04. The highest BCUT2D eigenvalue weighted by atomic mass is 32.1. The second kappa shape index (κ2) is 2.91. The summed E-state index contributed by atoms with van der Waals surface area (Å²) in [6, 6.07) is 0. The summed E-state index contributed by atoms with van der Waals surface area (Å²) in [6.07, 6.45) is -1.30. The van der Waals surface area contributed by atoms with Gasteiger partial charge in [0.2, 0.25) is 0 Å². The highest BCUT2D eigenvalue weighted by Crippen LogP contribution is 2.20. The third-order valence-corrected chi connectivity index (χ3v) is 1.87. The van der Waals surface area contributed by atoms with Crippen LogP contribution in [0, 0.1) is 0 Å². The number of carbonyl (C=O) groups excluding carboxylic acids is 1. The van der Waals surface area contributed by atoms with E-state index < -0.39 is 12.1 Å². The number of carbonyl (C=O) groups is 1. The first-order valence-electron chi connectivity index (χ1n) is 2.89. The van der Waals surface area contributed by atoms with Crippen molar-refractivity contribution >= 4 is 17.4 Å². The molecule has 11 heavy (non-hydrogen) atoms. The van der Waals surface area contributed by atoms with E-state index in [0.29, 0.717) is 0 Å². The summed E-state index contributed by atoms with van der Waals surface area (Å²) < 4.78 is 16.0. The second-order valence-electron chi connectivity index (χ2n) is 1.97. The van der Waals surface area contributed by atoms with Gasteiger partial charge in [0.05, 0.1) is 0 Å². The Morgan fingerprint density at radius 1 is 1.82 bits per heavy atom. The summed E-state index contributed by atoms with van der Waals surface area (Å²) in [5.74, 6) is -0.681. The van der Waals surface area contributed by atoms with Crippen LogP contribution < -0.4 is 5.73 Å². The molecule has 1 unspecified atom stereocenters. The van der Waals surface area contributed by atoms with Crippen LogP contribution in [0.1, 0.15) is 28.5 Å². The third kappa shape index (κ3) is 1.51. The van der Waals surface area contributed by atoms with E-state index in [-0.39, 0.29) is 10.6 Å². The Morgan fingerprint density at radius 3 is 2.82 bits per heavy atom. The van der Waals surface area contributed by atoms with Gasteiger partial charge >= 0.3 is 0 Å². The number of halogens is 1. The van der Waals surface area contributed by atoms with E-state index >= 15 is 0 Å². The number of aromatic nitrogens is 2. The number of hydrogen-bond acceptors (Lipinski definition) is 4. The molecule has 4 nitrogen and oxygen atoms in total. The van der Waals surface area contributed by atoms with Crippen molar-refractivity contribution in [2.24, 2.45) is 5.73 Å². The average Bonchev–Trinajstić information content (AvgIpc) is 2.32. The molecule has 0 aromatic carbocycles. The number of rotatable bonds is 2. The van der Waals surface area contributed by atoms with Gasteiger partial charge in [-0.25, -0.2) is 4.39 Å². The van der Waals surface area contributed by atoms with Gasteiger partial charge in [0.15, 0.2) is 0 Å². The molecule has 0 aliphatic rings. The maximum absolute atomic E-state index is 12.6. The zero-order valence-corrected chi connectivity index (χ0v) is 6.56. The Bertz CT molecular complexity index is 272. The lowest BCUT2D eigenvalue weighted by atomic mass is 10.2. The van der Waals surface area contributed by atoms with E-state index in [0.717, 1.165) is 11.5 Å². The summed E-state index contributed by atoms with van der Waals surface area (Å²) in [5, 5.41) is 3.43. The minimum Gasteiger partial charge on any atom is -0.365 e. The normalized spacial score (nSPS) is 12.9. The Kier molecular flexibility index (Phi) is 2.13. The van der Waals surface area contributed by atoms with Crippen molar-refractivity contribution in [3.8, 4) is 0 Å². The highest BCUT2D eigenvalue weighted by molar-refractivity contribution is 7.07. The molecule has 1 heterocycles. The van der Waals surface area contributed by atoms with Gasteiger partial charge in [-0.15, -0.1) is 5.10 Å². The maximum atomic E-state index is 12.6. The molecule has 60 valence electrons. The fourth-order valence-corrected chi connectivity index (χ4v) is 1.23. The molecule has 1 atom stereocenters. The largest absolute Gasteiger partial charge is 0.365 e. The van der Waals surface area contributed by atoms with Gasteiger partial charge in [0.1, 0.15) is 16.7 Å². The molecule has 0 bridgehead atoms. The fraction of sp³-hybridized carbons (Fsp3) is 0.400. The van der Waals surface area contributed by atoms with E-state index in [1.807, 2.05) is 0 Å². The Balaban J connectivity index is 3.06. The topological polar surface area (TPSA) is 68.9 Å². The van der Waals surface area contributed by atoms with E-state index in [9.17, 15) is 9.18 Å². The maximum Gasteiger partial charge on any atom is 0.262 e. The van der Waals surface area contributed by atoms with Gasteiger partial charge in [0.25, 0.3) is 5.91 Å². The van der Waals surface area contributed by atoms with Crippen molar-refractivity contribution in [2.45, 2.75) is 13.1 Å². The van der Waals surface area contributed by atoms with Crippen LogP contribution in [0.3, 0.4) is 0 Å². The van der Waals surface area contributed by atoms with Crippen molar-refractivity contribution in [1.29, 1.82) is 0 Å².